The number of aliphatic hydroxyl groups excluding tert-OH is 1. The van der Waals surface area contributed by atoms with Gasteiger partial charge in [0, 0.05) is 6.42 Å². The summed E-state index contributed by atoms with van der Waals surface area (Å²) in [5.41, 5.74) is 12.5. The number of aliphatic hydroxyl groups is 1. The van der Waals surface area contributed by atoms with E-state index in [0.29, 0.717) is 44.2 Å². The van der Waals surface area contributed by atoms with Crippen molar-refractivity contribution >= 4 is 47.3 Å². The molecule has 0 aromatic heterocycles. The summed E-state index contributed by atoms with van der Waals surface area (Å²) in [7, 11) is 0. The van der Waals surface area contributed by atoms with Crippen LogP contribution in [0.25, 0.3) is 0 Å². The molecule has 378 valence electrons. The molecule has 0 spiro atoms. The summed E-state index contributed by atoms with van der Waals surface area (Å²) in [6.07, 6.45) is 1.28. The number of carbonyl (C=O) groups is 8. The van der Waals surface area contributed by atoms with Crippen LogP contribution in [0.15, 0.2) is 30.3 Å². The molecule has 2 rings (SSSR count). The smallest absolute Gasteiger partial charge is 0.326 e. The zero-order valence-electron chi connectivity index (χ0n) is 40.8. The summed E-state index contributed by atoms with van der Waals surface area (Å²) in [5, 5.41) is 36.2. The van der Waals surface area contributed by atoms with Crippen LogP contribution in [-0.2, 0) is 49.5 Å². The molecule has 12 N–H and O–H groups in total. The Bertz CT molecular complexity index is 1790. The van der Waals surface area contributed by atoms with Gasteiger partial charge in [-0.2, -0.15) is 0 Å². The quantitative estimate of drug-likeness (QED) is 0.0488. The number of amides is 7. The number of benzene rings is 1. The Hall–Kier alpha value is -5.18. The Balaban J connectivity index is 2.38. The first-order valence-corrected chi connectivity index (χ1v) is 23.7. The van der Waals surface area contributed by atoms with Crippen molar-refractivity contribution in [2.45, 2.75) is 168 Å². The highest BCUT2D eigenvalue weighted by molar-refractivity contribution is 5.98. The third-order valence-corrected chi connectivity index (χ3v) is 12.0. The zero-order valence-corrected chi connectivity index (χ0v) is 40.8. The average molecular weight is 946 g/mol. The molecule has 1 aliphatic rings. The average Bonchev–Trinajstić information content (AvgIpc) is 3.72. The topological polar surface area (TPSA) is 314 Å². The highest BCUT2D eigenvalue weighted by Gasteiger charge is 2.45. The fourth-order valence-electron chi connectivity index (χ4n) is 7.64. The molecule has 1 fully saturated rings. The first-order chi connectivity index (χ1) is 31.6. The molecule has 20 nitrogen and oxygen atoms in total. The zero-order chi connectivity index (χ0) is 50.5. The monoisotopic (exact) mass is 946 g/mol. The predicted molar refractivity (Wildman–Crippen MR) is 251 cm³/mol. The van der Waals surface area contributed by atoms with E-state index in [1.54, 1.807) is 51.1 Å². The van der Waals surface area contributed by atoms with Crippen LogP contribution in [0.1, 0.15) is 113 Å². The summed E-state index contributed by atoms with van der Waals surface area (Å²) in [5.74, 6) is -6.84. The van der Waals surface area contributed by atoms with Crippen LogP contribution in [0, 0.1) is 23.7 Å². The van der Waals surface area contributed by atoms with Crippen LogP contribution in [0.5, 0.6) is 0 Å². The van der Waals surface area contributed by atoms with Crippen molar-refractivity contribution in [3.63, 3.8) is 0 Å². The van der Waals surface area contributed by atoms with Crippen LogP contribution in [-0.4, -0.2) is 137 Å². The molecule has 1 aliphatic heterocycles. The van der Waals surface area contributed by atoms with Crippen molar-refractivity contribution in [2.75, 3.05) is 19.8 Å². The number of hydrogen-bond donors (Lipinski definition) is 10. The normalized spacial score (nSPS) is 18.9. The molecule has 0 radical (unpaired) electrons. The number of nitrogens with zero attached hydrogens (tertiary/aromatic N) is 1. The van der Waals surface area contributed by atoms with Gasteiger partial charge >= 0.3 is 5.97 Å². The summed E-state index contributed by atoms with van der Waals surface area (Å²) < 4.78 is 5.67. The van der Waals surface area contributed by atoms with Crippen LogP contribution in [0.3, 0.4) is 0 Å². The van der Waals surface area contributed by atoms with Crippen molar-refractivity contribution < 1.29 is 53.3 Å². The van der Waals surface area contributed by atoms with Gasteiger partial charge < -0.3 is 58.3 Å². The minimum absolute atomic E-state index is 0.0487. The van der Waals surface area contributed by atoms with E-state index in [4.69, 9.17) is 16.2 Å². The number of carbonyl (C=O) groups excluding carboxylic acids is 7. The number of carboxylic acid groups (broad SMARTS) is 1. The maximum absolute atomic E-state index is 14.2. The third-order valence-electron chi connectivity index (χ3n) is 12.0. The largest absolute Gasteiger partial charge is 0.480 e. The molecule has 0 saturated carbocycles. The minimum atomic E-state index is -1.39. The molecule has 0 bridgehead atoms. The van der Waals surface area contributed by atoms with Gasteiger partial charge in [0.15, 0.2) is 6.23 Å². The number of rotatable bonds is 29. The summed E-state index contributed by atoms with van der Waals surface area (Å²) in [6, 6.07) is -0.678. The maximum atomic E-state index is 14.2. The van der Waals surface area contributed by atoms with Crippen LogP contribution in [0.2, 0.25) is 0 Å². The van der Waals surface area contributed by atoms with E-state index in [9.17, 15) is 48.6 Å². The van der Waals surface area contributed by atoms with Crippen molar-refractivity contribution in [1.82, 2.24) is 36.8 Å². The lowest BCUT2D eigenvalue weighted by atomic mass is 9.95. The van der Waals surface area contributed by atoms with Gasteiger partial charge in [-0.05, 0) is 74.8 Å². The van der Waals surface area contributed by atoms with Gasteiger partial charge in [0.1, 0.15) is 42.3 Å². The lowest BCUT2D eigenvalue weighted by Crippen LogP contribution is -2.61. The van der Waals surface area contributed by atoms with Crippen molar-refractivity contribution in [1.29, 1.82) is 0 Å². The van der Waals surface area contributed by atoms with Gasteiger partial charge in [-0.1, -0.05) is 98.6 Å². The second kappa shape index (κ2) is 28.9. The lowest BCUT2D eigenvalue weighted by molar-refractivity contribution is -0.147. The minimum Gasteiger partial charge on any atom is -0.480 e. The van der Waals surface area contributed by atoms with Crippen LogP contribution >= 0.6 is 0 Å². The number of nitrogens with two attached hydrogens (primary N) is 2. The summed E-state index contributed by atoms with van der Waals surface area (Å²) in [6.45, 7) is 15.3. The lowest BCUT2D eigenvalue weighted by Gasteiger charge is -2.32. The van der Waals surface area contributed by atoms with Crippen molar-refractivity contribution in [3.8, 4) is 0 Å². The predicted octanol–water partition coefficient (Wildman–Crippen LogP) is 0.429. The Morgan fingerprint density at radius 3 is 1.81 bits per heavy atom. The van der Waals surface area contributed by atoms with E-state index in [1.165, 1.54) is 6.92 Å². The van der Waals surface area contributed by atoms with E-state index in [1.807, 2.05) is 34.6 Å². The summed E-state index contributed by atoms with van der Waals surface area (Å²) >= 11 is 0. The first kappa shape index (κ1) is 57.9. The molecule has 0 unspecified atom stereocenters. The van der Waals surface area contributed by atoms with Gasteiger partial charge in [-0.25, -0.2) is 4.79 Å². The van der Waals surface area contributed by atoms with Crippen LogP contribution in [0.4, 0.5) is 0 Å². The number of carboxylic acids is 1. The number of hydrogen-bond acceptors (Lipinski definition) is 12. The highest BCUT2D eigenvalue weighted by atomic mass is 16.5. The molecule has 67 heavy (non-hydrogen) atoms. The molecule has 1 saturated heterocycles. The molecule has 0 aliphatic carbocycles. The molecule has 20 heteroatoms. The summed E-state index contributed by atoms with van der Waals surface area (Å²) in [4.78, 5) is 110. The highest BCUT2D eigenvalue weighted by Crippen LogP contribution is 2.20. The molecular weight excluding hydrogens is 867 g/mol. The molecule has 11 atom stereocenters. The Labute approximate surface area is 395 Å². The molecule has 7 amide bonds. The van der Waals surface area contributed by atoms with E-state index in [0.717, 1.165) is 4.90 Å². The second-order valence-electron chi connectivity index (χ2n) is 18.6. The number of unbranched alkanes of at least 4 members (excludes halogenated alkanes) is 1. The van der Waals surface area contributed by atoms with Gasteiger partial charge in [-0.3, -0.25) is 38.5 Å². The second-order valence-corrected chi connectivity index (χ2v) is 18.6. The molecule has 1 heterocycles. The molecule has 1 aromatic rings. The fraction of sp³-hybridized carbons (Fsp3) is 0.702. The van der Waals surface area contributed by atoms with Gasteiger partial charge in [0.2, 0.25) is 41.4 Å². The van der Waals surface area contributed by atoms with Crippen LogP contribution < -0.4 is 43.4 Å². The number of nitrogens with one attached hydrogen (secondary N) is 6. The van der Waals surface area contributed by atoms with E-state index < -0.39 is 114 Å². The van der Waals surface area contributed by atoms with Gasteiger partial charge in [0.25, 0.3) is 0 Å². The Kier molecular flexibility index (Phi) is 25.0. The standard InChI is InChI=1S/C47H79N9O11/c1-10-28(7)38(54-40(58)32(49)21-26(3)4)45(63)53-34(22-27(5)6)42(60)50-30(9)46(64)56-36(25-67-37(56)24-57)44(62)52-35(23-31-17-13-12-14-18-31)43(61)51-33(19-15-16-20-48)41(59)55-39(47(65)66)29(8)11-2/h12-14,17-18,26-30,32-39,57H,10-11,15-16,19-25,48-49H2,1-9H3,(H,50,60)(H,51,61)(H,52,62)(H,53,63)(H,54,58)(H,55,59)(H,65,66)/t28-,29-,30-,32-,33-,34-,35-,36-,37+,38-,39-/m0/s1. The Morgan fingerprint density at radius 1 is 0.701 bits per heavy atom. The molecule has 1 aromatic carbocycles. The van der Waals surface area contributed by atoms with Crippen molar-refractivity contribution in [3.05, 3.63) is 35.9 Å². The maximum Gasteiger partial charge on any atom is 0.326 e. The SMILES string of the molecule is CC[C@H](C)[C@H](NC(=O)[C@H](CCCCN)NC(=O)[C@H](Cc1ccccc1)NC(=O)[C@@H]1CO[C@H](CO)N1C(=O)[C@H](C)NC(=O)[C@H](CC(C)C)NC(=O)[C@@H](NC(=O)[C@@H](N)CC(C)C)[C@@H](C)CC)C(=O)O. The van der Waals surface area contributed by atoms with E-state index in [2.05, 4.69) is 31.9 Å². The first-order valence-electron chi connectivity index (χ1n) is 23.7. The third kappa shape index (κ3) is 18.4. The number of ether oxygens (including phenoxy) is 1. The van der Waals surface area contributed by atoms with Crippen molar-refractivity contribution in [2.24, 2.45) is 35.1 Å². The molecular formula is C47H79N9O11. The fourth-order valence-corrected chi connectivity index (χ4v) is 7.64. The van der Waals surface area contributed by atoms with E-state index in [-0.39, 0.29) is 43.6 Å². The van der Waals surface area contributed by atoms with Gasteiger partial charge in [0.05, 0.1) is 19.3 Å². The number of aliphatic carboxylic acids is 1. The Morgan fingerprint density at radius 2 is 1.25 bits per heavy atom. The van der Waals surface area contributed by atoms with Gasteiger partial charge in [-0.15, -0.1) is 0 Å². The van der Waals surface area contributed by atoms with E-state index >= 15 is 0 Å².